The Morgan fingerprint density at radius 1 is 1.04 bits per heavy atom. The topological polar surface area (TPSA) is 49.4 Å². The third kappa shape index (κ3) is 4.32. The highest BCUT2D eigenvalue weighted by Gasteiger charge is 2.07. The first-order chi connectivity index (χ1) is 11.6. The summed E-state index contributed by atoms with van der Waals surface area (Å²) in [6.07, 6.45) is 3.42. The average Bonchev–Trinajstić information content (AvgIpc) is 3.09. The van der Waals surface area contributed by atoms with Crippen LogP contribution >= 0.6 is 11.3 Å². The molecule has 126 valence electrons. The standard InChI is InChI=1S/C19H22N2O2S/c1-4-21(5-2)18-13-11-16(24-18)10-12-17(22)14-6-8-15(9-7-14)19(23)20-3/h6-13H,4-5H2,1-3H3,(H,20,23)/b12-10+. The van der Waals surface area contributed by atoms with Crippen molar-refractivity contribution in [1.29, 1.82) is 0 Å². The highest BCUT2D eigenvalue weighted by atomic mass is 32.1. The second-order valence-corrected chi connectivity index (χ2v) is 6.30. The summed E-state index contributed by atoms with van der Waals surface area (Å²) >= 11 is 1.67. The van der Waals surface area contributed by atoms with Gasteiger partial charge in [0.1, 0.15) is 0 Å². The zero-order chi connectivity index (χ0) is 17.5. The molecule has 5 heteroatoms. The average molecular weight is 342 g/mol. The van der Waals surface area contributed by atoms with Crippen molar-refractivity contribution in [3.8, 4) is 0 Å². The number of rotatable bonds is 7. The lowest BCUT2D eigenvalue weighted by Gasteiger charge is -2.17. The van der Waals surface area contributed by atoms with Crippen LogP contribution in [0, 0.1) is 0 Å². The monoisotopic (exact) mass is 342 g/mol. The Morgan fingerprint density at radius 2 is 1.67 bits per heavy atom. The molecule has 2 rings (SSSR count). The Balaban J connectivity index is 2.06. The first-order valence-electron chi connectivity index (χ1n) is 7.98. The molecule has 0 aliphatic rings. The Bertz CT molecular complexity index is 728. The number of nitrogens with one attached hydrogen (secondary N) is 1. The van der Waals surface area contributed by atoms with Crippen molar-refractivity contribution in [2.24, 2.45) is 0 Å². The van der Waals surface area contributed by atoms with Gasteiger partial charge in [0, 0.05) is 36.1 Å². The maximum absolute atomic E-state index is 12.2. The molecule has 0 spiro atoms. The Morgan fingerprint density at radius 3 is 2.25 bits per heavy atom. The van der Waals surface area contributed by atoms with Gasteiger partial charge in [-0.1, -0.05) is 12.1 Å². The van der Waals surface area contributed by atoms with E-state index in [9.17, 15) is 9.59 Å². The minimum absolute atomic E-state index is 0.0729. The predicted octanol–water partition coefficient (Wildman–Crippen LogP) is 3.85. The first-order valence-corrected chi connectivity index (χ1v) is 8.80. The van der Waals surface area contributed by atoms with Crippen LogP contribution in [0.2, 0.25) is 0 Å². The summed E-state index contributed by atoms with van der Waals surface area (Å²) in [5, 5.41) is 3.77. The van der Waals surface area contributed by atoms with Crippen molar-refractivity contribution in [1.82, 2.24) is 5.32 Å². The van der Waals surface area contributed by atoms with Gasteiger partial charge in [-0.25, -0.2) is 0 Å². The van der Waals surface area contributed by atoms with Crippen molar-refractivity contribution < 1.29 is 9.59 Å². The molecular weight excluding hydrogens is 320 g/mol. The van der Waals surface area contributed by atoms with Gasteiger partial charge in [0.25, 0.3) is 5.91 Å². The molecule has 0 unspecified atom stereocenters. The highest BCUT2D eigenvalue weighted by Crippen LogP contribution is 2.26. The largest absolute Gasteiger partial charge is 0.364 e. The summed E-state index contributed by atoms with van der Waals surface area (Å²) < 4.78 is 0. The van der Waals surface area contributed by atoms with Crippen LogP contribution in [0.25, 0.3) is 6.08 Å². The lowest BCUT2D eigenvalue weighted by Crippen LogP contribution is -2.20. The lowest BCUT2D eigenvalue weighted by atomic mass is 10.1. The quantitative estimate of drug-likeness (QED) is 0.614. The normalized spacial score (nSPS) is 10.8. The second-order valence-electron chi connectivity index (χ2n) is 5.20. The van der Waals surface area contributed by atoms with Crippen LogP contribution in [0.5, 0.6) is 0 Å². The number of anilines is 1. The van der Waals surface area contributed by atoms with Crippen molar-refractivity contribution in [2.45, 2.75) is 13.8 Å². The molecule has 0 fully saturated rings. The number of carbonyl (C=O) groups is 2. The Labute approximate surface area is 146 Å². The van der Waals surface area contributed by atoms with Gasteiger partial charge >= 0.3 is 0 Å². The van der Waals surface area contributed by atoms with Crippen LogP contribution in [0.15, 0.2) is 42.5 Å². The van der Waals surface area contributed by atoms with E-state index in [1.165, 1.54) is 5.00 Å². The fraction of sp³-hybridized carbons (Fsp3) is 0.263. The van der Waals surface area contributed by atoms with Crippen molar-refractivity contribution in [3.63, 3.8) is 0 Å². The van der Waals surface area contributed by atoms with Crippen molar-refractivity contribution in [3.05, 3.63) is 58.5 Å². The van der Waals surface area contributed by atoms with E-state index in [-0.39, 0.29) is 11.7 Å². The maximum atomic E-state index is 12.2. The van der Waals surface area contributed by atoms with Gasteiger partial charge < -0.3 is 10.2 Å². The van der Waals surface area contributed by atoms with Crippen molar-refractivity contribution in [2.75, 3.05) is 25.0 Å². The van der Waals surface area contributed by atoms with Gasteiger partial charge in [-0.2, -0.15) is 0 Å². The van der Waals surface area contributed by atoms with Crippen LogP contribution in [0.1, 0.15) is 39.4 Å². The fourth-order valence-electron chi connectivity index (χ4n) is 2.32. The molecule has 4 nitrogen and oxygen atoms in total. The first kappa shape index (κ1) is 17.9. The summed E-state index contributed by atoms with van der Waals surface area (Å²) in [7, 11) is 1.58. The summed E-state index contributed by atoms with van der Waals surface area (Å²) in [6.45, 7) is 6.20. The smallest absolute Gasteiger partial charge is 0.251 e. The van der Waals surface area contributed by atoms with Gasteiger partial charge in [-0.05, 0) is 50.3 Å². The van der Waals surface area contributed by atoms with Crippen molar-refractivity contribution >= 4 is 34.1 Å². The van der Waals surface area contributed by atoms with E-state index in [2.05, 4.69) is 30.1 Å². The highest BCUT2D eigenvalue weighted by molar-refractivity contribution is 7.16. The summed E-state index contributed by atoms with van der Waals surface area (Å²) in [6, 6.07) is 10.8. The molecule has 0 aliphatic carbocycles. The van der Waals surface area contributed by atoms with Crippen LogP contribution in [0.3, 0.4) is 0 Å². The van der Waals surface area contributed by atoms with Crippen LogP contribution in [0.4, 0.5) is 5.00 Å². The molecule has 0 saturated carbocycles. The zero-order valence-corrected chi connectivity index (χ0v) is 15.0. The van der Waals surface area contributed by atoms with E-state index in [1.807, 2.05) is 12.1 Å². The number of benzene rings is 1. The number of allylic oxidation sites excluding steroid dienone is 1. The SMILES string of the molecule is CCN(CC)c1ccc(/C=C/C(=O)c2ccc(C(=O)NC)cc2)s1. The fourth-order valence-corrected chi connectivity index (χ4v) is 3.36. The third-order valence-corrected chi connectivity index (χ3v) is 4.86. The number of ketones is 1. The molecule has 1 heterocycles. The lowest BCUT2D eigenvalue weighted by molar-refractivity contribution is 0.0961. The Kier molecular flexibility index (Phi) is 6.32. The molecule has 24 heavy (non-hydrogen) atoms. The molecule has 0 radical (unpaired) electrons. The van der Waals surface area contributed by atoms with E-state index in [0.717, 1.165) is 18.0 Å². The summed E-state index contributed by atoms with van der Waals surface area (Å²) in [5.74, 6) is -0.233. The van der Waals surface area contributed by atoms with Crippen LogP contribution in [-0.2, 0) is 0 Å². The molecule has 0 atom stereocenters. The molecule has 0 aliphatic heterocycles. The third-order valence-electron chi connectivity index (χ3n) is 3.75. The van der Waals surface area contributed by atoms with Gasteiger partial charge in [0.2, 0.25) is 0 Å². The van der Waals surface area contributed by atoms with E-state index in [0.29, 0.717) is 11.1 Å². The number of amides is 1. The van der Waals surface area contributed by atoms with Gasteiger partial charge in [-0.15, -0.1) is 11.3 Å². The molecule has 2 aromatic rings. The number of hydrogen-bond acceptors (Lipinski definition) is 4. The predicted molar refractivity (Wildman–Crippen MR) is 101 cm³/mol. The second kappa shape index (κ2) is 8.45. The number of hydrogen-bond donors (Lipinski definition) is 1. The summed E-state index contributed by atoms with van der Waals surface area (Å²) in [4.78, 5) is 27.1. The molecular formula is C19H22N2O2S. The molecule has 1 N–H and O–H groups in total. The van der Waals surface area contributed by atoms with Gasteiger partial charge in [-0.3, -0.25) is 9.59 Å². The van der Waals surface area contributed by atoms with E-state index >= 15 is 0 Å². The molecule has 1 amide bonds. The minimum Gasteiger partial charge on any atom is -0.364 e. The maximum Gasteiger partial charge on any atom is 0.251 e. The van der Waals surface area contributed by atoms with E-state index in [1.54, 1.807) is 48.7 Å². The zero-order valence-electron chi connectivity index (χ0n) is 14.2. The molecule has 1 aromatic heterocycles. The Hall–Kier alpha value is -2.40. The van der Waals surface area contributed by atoms with Gasteiger partial charge in [0.05, 0.1) is 5.00 Å². The van der Waals surface area contributed by atoms with E-state index < -0.39 is 0 Å². The number of carbonyl (C=O) groups excluding carboxylic acids is 2. The van der Waals surface area contributed by atoms with E-state index in [4.69, 9.17) is 0 Å². The molecule has 1 aromatic carbocycles. The number of nitrogens with zero attached hydrogens (tertiary/aromatic N) is 1. The summed E-state index contributed by atoms with van der Waals surface area (Å²) in [5.41, 5.74) is 1.11. The molecule has 0 bridgehead atoms. The van der Waals surface area contributed by atoms with Gasteiger partial charge in [0.15, 0.2) is 5.78 Å². The minimum atomic E-state index is -0.160. The molecule has 0 saturated heterocycles. The van der Waals surface area contributed by atoms with Crippen LogP contribution < -0.4 is 10.2 Å². The number of thiophene rings is 1. The van der Waals surface area contributed by atoms with Crippen LogP contribution in [-0.4, -0.2) is 31.8 Å².